The fourth-order valence-electron chi connectivity index (χ4n) is 2.35. The molecule has 0 spiro atoms. The number of carbonyl (C=O) groups is 3. The summed E-state index contributed by atoms with van der Waals surface area (Å²) in [7, 11) is 0. The number of amides is 3. The van der Waals surface area contributed by atoms with Crippen molar-refractivity contribution >= 4 is 29.5 Å². The average molecular weight is 379 g/mol. The van der Waals surface area contributed by atoms with Gasteiger partial charge in [-0.1, -0.05) is 35.9 Å². The number of rotatable bonds is 6. The van der Waals surface area contributed by atoms with Gasteiger partial charge in [0, 0.05) is 24.6 Å². The van der Waals surface area contributed by atoms with Crippen molar-refractivity contribution in [3.05, 3.63) is 70.8 Å². The largest absolute Gasteiger partial charge is 0.326 e. The molecular formula is C22H25N3O3. The standard InChI is InChI=1S/C22H25N3O3/c1-15-4-7-18(8-5-15)9-11-21(27)24-25-22(28)13-12-20(26)23-19-10-6-16(2)17(3)14-19/h4-11,14H,12-13H2,1-3H3,(H,23,26)(H,24,27)(H,25,28). The molecule has 0 aliphatic carbocycles. The van der Waals surface area contributed by atoms with Gasteiger partial charge in [0.25, 0.3) is 5.91 Å². The van der Waals surface area contributed by atoms with Gasteiger partial charge in [-0.25, -0.2) is 0 Å². The van der Waals surface area contributed by atoms with Crippen molar-refractivity contribution in [3.63, 3.8) is 0 Å². The summed E-state index contributed by atoms with van der Waals surface area (Å²) in [6.45, 7) is 5.95. The molecule has 0 bridgehead atoms. The molecule has 2 rings (SSSR count). The Morgan fingerprint density at radius 1 is 0.821 bits per heavy atom. The summed E-state index contributed by atoms with van der Waals surface area (Å²) < 4.78 is 0. The van der Waals surface area contributed by atoms with E-state index in [0.717, 1.165) is 22.3 Å². The summed E-state index contributed by atoms with van der Waals surface area (Å²) in [5.41, 5.74) is 9.53. The maximum atomic E-state index is 11.9. The van der Waals surface area contributed by atoms with Crippen molar-refractivity contribution in [3.8, 4) is 0 Å². The van der Waals surface area contributed by atoms with Gasteiger partial charge in [-0.15, -0.1) is 0 Å². The highest BCUT2D eigenvalue weighted by atomic mass is 16.2. The molecule has 0 heterocycles. The van der Waals surface area contributed by atoms with E-state index in [2.05, 4.69) is 16.2 Å². The van der Waals surface area contributed by atoms with Gasteiger partial charge in [0.2, 0.25) is 11.8 Å². The second-order valence-electron chi connectivity index (χ2n) is 6.63. The molecule has 6 heteroatoms. The third-order valence-electron chi connectivity index (χ3n) is 4.20. The number of hydrazine groups is 1. The molecule has 0 saturated heterocycles. The topological polar surface area (TPSA) is 87.3 Å². The van der Waals surface area contributed by atoms with Crippen LogP contribution in [-0.2, 0) is 14.4 Å². The second kappa shape index (κ2) is 10.1. The van der Waals surface area contributed by atoms with Crippen LogP contribution in [0.25, 0.3) is 6.08 Å². The fourth-order valence-corrected chi connectivity index (χ4v) is 2.35. The number of carbonyl (C=O) groups excluding carboxylic acids is 3. The number of benzene rings is 2. The summed E-state index contributed by atoms with van der Waals surface area (Å²) in [5.74, 6) is -1.15. The van der Waals surface area contributed by atoms with Crippen LogP contribution < -0.4 is 16.2 Å². The highest BCUT2D eigenvalue weighted by Crippen LogP contribution is 2.14. The van der Waals surface area contributed by atoms with E-state index in [1.807, 2.05) is 63.2 Å². The minimum absolute atomic E-state index is 0.0217. The lowest BCUT2D eigenvalue weighted by atomic mass is 10.1. The number of hydrogen-bond acceptors (Lipinski definition) is 3. The van der Waals surface area contributed by atoms with E-state index in [1.165, 1.54) is 6.08 Å². The zero-order valence-corrected chi connectivity index (χ0v) is 16.3. The zero-order valence-electron chi connectivity index (χ0n) is 16.3. The summed E-state index contributed by atoms with van der Waals surface area (Å²) >= 11 is 0. The summed E-state index contributed by atoms with van der Waals surface area (Å²) in [4.78, 5) is 35.5. The van der Waals surface area contributed by atoms with Gasteiger partial charge in [-0.3, -0.25) is 25.2 Å². The molecule has 3 N–H and O–H groups in total. The van der Waals surface area contributed by atoms with Crippen LogP contribution in [0.15, 0.2) is 48.5 Å². The number of aryl methyl sites for hydroxylation is 3. The summed E-state index contributed by atoms with van der Waals surface area (Å²) in [6, 6.07) is 13.3. The van der Waals surface area contributed by atoms with Gasteiger partial charge in [-0.2, -0.15) is 0 Å². The molecular weight excluding hydrogens is 354 g/mol. The predicted octanol–water partition coefficient (Wildman–Crippen LogP) is 3.19. The molecule has 2 aromatic rings. The molecule has 2 aromatic carbocycles. The van der Waals surface area contributed by atoms with Gasteiger partial charge < -0.3 is 5.32 Å². The highest BCUT2D eigenvalue weighted by Gasteiger charge is 2.08. The number of hydrogen-bond donors (Lipinski definition) is 3. The molecule has 0 unspecified atom stereocenters. The normalized spacial score (nSPS) is 10.5. The van der Waals surface area contributed by atoms with Crippen LogP contribution in [0.5, 0.6) is 0 Å². The number of nitrogens with one attached hydrogen (secondary N) is 3. The Bertz CT molecular complexity index is 886. The fraction of sp³-hybridized carbons (Fsp3) is 0.227. The second-order valence-corrected chi connectivity index (χ2v) is 6.63. The smallest absolute Gasteiger partial charge is 0.262 e. The van der Waals surface area contributed by atoms with Crippen LogP contribution in [0.2, 0.25) is 0 Å². The third kappa shape index (κ3) is 7.07. The van der Waals surface area contributed by atoms with E-state index < -0.39 is 11.8 Å². The maximum Gasteiger partial charge on any atom is 0.262 e. The van der Waals surface area contributed by atoms with Gasteiger partial charge in [-0.05, 0) is 55.7 Å². The SMILES string of the molecule is Cc1ccc(C=CC(=O)NNC(=O)CCC(=O)Nc2ccc(C)c(C)c2)cc1. The highest BCUT2D eigenvalue weighted by molar-refractivity contribution is 5.95. The van der Waals surface area contributed by atoms with Crippen LogP contribution in [0.1, 0.15) is 35.1 Å². The van der Waals surface area contributed by atoms with Crippen LogP contribution in [-0.4, -0.2) is 17.7 Å². The molecule has 0 aliphatic rings. The Balaban J connectivity index is 1.70. The molecule has 0 atom stereocenters. The summed E-state index contributed by atoms with van der Waals surface area (Å²) in [5, 5.41) is 2.76. The van der Waals surface area contributed by atoms with E-state index in [9.17, 15) is 14.4 Å². The van der Waals surface area contributed by atoms with Crippen molar-refractivity contribution in [1.82, 2.24) is 10.9 Å². The first-order valence-electron chi connectivity index (χ1n) is 9.04. The van der Waals surface area contributed by atoms with Crippen LogP contribution in [0.4, 0.5) is 5.69 Å². The van der Waals surface area contributed by atoms with Gasteiger partial charge in [0.05, 0.1) is 0 Å². The van der Waals surface area contributed by atoms with Crippen LogP contribution in [0.3, 0.4) is 0 Å². The van der Waals surface area contributed by atoms with Crippen LogP contribution in [0, 0.1) is 20.8 Å². The molecule has 0 aliphatic heterocycles. The van der Waals surface area contributed by atoms with Crippen LogP contribution >= 0.6 is 0 Å². The average Bonchev–Trinajstić information content (AvgIpc) is 2.67. The Kier molecular flexibility index (Phi) is 7.51. The number of anilines is 1. The first-order valence-corrected chi connectivity index (χ1v) is 9.04. The van der Waals surface area contributed by atoms with Crippen molar-refractivity contribution in [2.24, 2.45) is 0 Å². The van der Waals surface area contributed by atoms with E-state index in [4.69, 9.17) is 0 Å². The molecule has 28 heavy (non-hydrogen) atoms. The zero-order chi connectivity index (χ0) is 20.5. The van der Waals surface area contributed by atoms with E-state index in [0.29, 0.717) is 5.69 Å². The minimum atomic E-state index is -0.450. The van der Waals surface area contributed by atoms with Crippen molar-refractivity contribution < 1.29 is 14.4 Å². The monoisotopic (exact) mass is 379 g/mol. The molecule has 0 fully saturated rings. The Labute approximate surface area is 165 Å². The van der Waals surface area contributed by atoms with Gasteiger partial charge in [0.1, 0.15) is 0 Å². The van der Waals surface area contributed by atoms with Crippen molar-refractivity contribution in [2.75, 3.05) is 5.32 Å². The van der Waals surface area contributed by atoms with Crippen molar-refractivity contribution in [1.29, 1.82) is 0 Å². The lowest BCUT2D eigenvalue weighted by Gasteiger charge is -2.08. The molecule has 0 aromatic heterocycles. The third-order valence-corrected chi connectivity index (χ3v) is 4.20. The molecule has 0 radical (unpaired) electrons. The van der Waals surface area contributed by atoms with E-state index in [-0.39, 0.29) is 18.7 Å². The molecule has 6 nitrogen and oxygen atoms in total. The van der Waals surface area contributed by atoms with E-state index in [1.54, 1.807) is 6.08 Å². The Hall–Kier alpha value is -3.41. The quantitative estimate of drug-likeness (QED) is 0.532. The first kappa shape index (κ1) is 20.9. The minimum Gasteiger partial charge on any atom is -0.326 e. The van der Waals surface area contributed by atoms with Crippen molar-refractivity contribution in [2.45, 2.75) is 33.6 Å². The predicted molar refractivity (Wildman–Crippen MR) is 110 cm³/mol. The Morgan fingerprint density at radius 2 is 1.50 bits per heavy atom. The van der Waals surface area contributed by atoms with E-state index >= 15 is 0 Å². The van der Waals surface area contributed by atoms with Gasteiger partial charge >= 0.3 is 0 Å². The first-order chi connectivity index (χ1) is 13.3. The lowest BCUT2D eigenvalue weighted by molar-refractivity contribution is -0.128. The maximum absolute atomic E-state index is 11.9. The molecule has 0 saturated carbocycles. The lowest BCUT2D eigenvalue weighted by Crippen LogP contribution is -2.41. The Morgan fingerprint density at radius 3 is 2.18 bits per heavy atom. The summed E-state index contributed by atoms with van der Waals surface area (Å²) in [6.07, 6.45) is 2.97. The molecule has 3 amide bonds. The van der Waals surface area contributed by atoms with Gasteiger partial charge in [0.15, 0.2) is 0 Å². The molecule has 146 valence electrons.